The van der Waals surface area contributed by atoms with Crippen LogP contribution in [0.3, 0.4) is 0 Å². The van der Waals surface area contributed by atoms with Gasteiger partial charge in [0.25, 0.3) is 0 Å². The molecule has 5 heteroatoms. The minimum atomic E-state index is -0.448. The number of hydrogen-bond acceptors (Lipinski definition) is 2. The fraction of sp³-hybridized carbons (Fsp3) is 0.462. The summed E-state index contributed by atoms with van der Waals surface area (Å²) in [7, 11) is 1.63. The third-order valence-corrected chi connectivity index (χ3v) is 2.67. The summed E-state index contributed by atoms with van der Waals surface area (Å²) in [4.78, 5) is 13.3. The first-order valence-corrected chi connectivity index (χ1v) is 5.86. The van der Waals surface area contributed by atoms with Crippen molar-refractivity contribution >= 4 is 11.7 Å². The predicted molar refractivity (Wildman–Crippen MR) is 69.1 cm³/mol. The van der Waals surface area contributed by atoms with E-state index in [-0.39, 0.29) is 11.8 Å². The van der Waals surface area contributed by atoms with E-state index in [0.29, 0.717) is 18.7 Å². The molecule has 0 heterocycles. The number of hydrogen-bond donors (Lipinski definition) is 2. The molecule has 0 aliphatic carbocycles. The summed E-state index contributed by atoms with van der Waals surface area (Å²) in [5.74, 6) is -0.387. The zero-order chi connectivity index (χ0) is 13.7. The molecule has 2 N–H and O–H groups in total. The van der Waals surface area contributed by atoms with Crippen molar-refractivity contribution in [3.63, 3.8) is 0 Å². The van der Waals surface area contributed by atoms with Gasteiger partial charge >= 0.3 is 6.03 Å². The highest BCUT2D eigenvalue weighted by atomic mass is 19.1. The van der Waals surface area contributed by atoms with Crippen molar-refractivity contribution in [3.05, 3.63) is 29.6 Å². The highest BCUT2D eigenvalue weighted by molar-refractivity contribution is 5.89. The maximum absolute atomic E-state index is 13.1. The molecule has 0 aliphatic heterocycles. The van der Waals surface area contributed by atoms with E-state index >= 15 is 0 Å². The molecule has 0 unspecified atom stereocenters. The Bertz CT molecular complexity index is 421. The number of carbonyl (C=O) groups is 1. The van der Waals surface area contributed by atoms with Crippen molar-refractivity contribution in [3.8, 4) is 0 Å². The molecule has 0 bridgehead atoms. The molecular weight excluding hydrogens is 235 g/mol. The van der Waals surface area contributed by atoms with Gasteiger partial charge < -0.3 is 15.3 Å². The second kappa shape index (κ2) is 6.35. The lowest BCUT2D eigenvalue weighted by atomic mass is 10.2. The largest absolute Gasteiger partial charge is 0.393 e. The Morgan fingerprint density at radius 1 is 1.56 bits per heavy atom. The number of aryl methyl sites for hydroxylation is 1. The van der Waals surface area contributed by atoms with Gasteiger partial charge in [0.05, 0.1) is 6.10 Å². The molecule has 1 rings (SSSR count). The van der Waals surface area contributed by atoms with Crippen molar-refractivity contribution < 1.29 is 14.3 Å². The third-order valence-electron chi connectivity index (χ3n) is 2.67. The van der Waals surface area contributed by atoms with Crippen molar-refractivity contribution in [1.29, 1.82) is 0 Å². The fourth-order valence-corrected chi connectivity index (χ4v) is 1.42. The topological polar surface area (TPSA) is 52.6 Å². The molecule has 0 fully saturated rings. The summed E-state index contributed by atoms with van der Waals surface area (Å²) in [6.07, 6.45) is 0.0580. The molecule has 0 radical (unpaired) electrons. The molecule has 18 heavy (non-hydrogen) atoms. The number of anilines is 1. The Hall–Kier alpha value is -1.62. The summed E-state index contributed by atoms with van der Waals surface area (Å²) in [6, 6.07) is 3.93. The molecule has 0 aliphatic rings. The van der Waals surface area contributed by atoms with Crippen molar-refractivity contribution in [2.24, 2.45) is 0 Å². The van der Waals surface area contributed by atoms with E-state index in [1.165, 1.54) is 17.0 Å². The van der Waals surface area contributed by atoms with E-state index in [9.17, 15) is 9.18 Å². The van der Waals surface area contributed by atoms with Crippen LogP contribution in [0.15, 0.2) is 18.2 Å². The van der Waals surface area contributed by atoms with Gasteiger partial charge in [-0.2, -0.15) is 0 Å². The number of amides is 2. The molecule has 1 aromatic carbocycles. The normalized spacial score (nSPS) is 12.1. The van der Waals surface area contributed by atoms with Crippen LogP contribution in [-0.2, 0) is 0 Å². The third kappa shape index (κ3) is 4.33. The zero-order valence-electron chi connectivity index (χ0n) is 10.9. The average Bonchev–Trinajstić information content (AvgIpc) is 2.30. The second-order valence-corrected chi connectivity index (χ2v) is 4.45. The summed E-state index contributed by atoms with van der Waals surface area (Å²) in [5.41, 5.74) is 1.26. The van der Waals surface area contributed by atoms with Crippen molar-refractivity contribution in [2.75, 3.05) is 18.9 Å². The number of aliphatic hydroxyl groups excluding tert-OH is 1. The van der Waals surface area contributed by atoms with Crippen LogP contribution in [-0.4, -0.2) is 35.7 Å². The van der Waals surface area contributed by atoms with Gasteiger partial charge in [-0.15, -0.1) is 0 Å². The van der Waals surface area contributed by atoms with Gasteiger partial charge in [0.2, 0.25) is 0 Å². The van der Waals surface area contributed by atoms with Gasteiger partial charge in [0.1, 0.15) is 5.82 Å². The van der Waals surface area contributed by atoms with Gasteiger partial charge in [-0.25, -0.2) is 9.18 Å². The number of nitrogens with zero attached hydrogens (tertiary/aromatic N) is 1. The van der Waals surface area contributed by atoms with E-state index in [4.69, 9.17) is 5.11 Å². The minimum Gasteiger partial charge on any atom is -0.393 e. The Labute approximate surface area is 106 Å². The van der Waals surface area contributed by atoms with Crippen LogP contribution in [0.2, 0.25) is 0 Å². The lowest BCUT2D eigenvalue weighted by molar-refractivity contribution is 0.167. The Balaban J connectivity index is 2.61. The molecule has 0 saturated heterocycles. The first-order chi connectivity index (χ1) is 8.40. The summed E-state index contributed by atoms with van der Waals surface area (Å²) < 4.78 is 13.1. The monoisotopic (exact) mass is 254 g/mol. The predicted octanol–water partition coefficient (Wildman–Crippen LogP) is 2.37. The SMILES string of the molecule is Cc1ccc(F)cc1NC(=O)N(C)CC[C@H](C)O. The smallest absolute Gasteiger partial charge is 0.321 e. The Kier molecular flexibility index (Phi) is 5.09. The van der Waals surface area contributed by atoms with Gasteiger partial charge in [-0.05, 0) is 38.0 Å². The van der Waals surface area contributed by atoms with Gasteiger partial charge in [0.15, 0.2) is 0 Å². The van der Waals surface area contributed by atoms with Crippen LogP contribution < -0.4 is 5.32 Å². The van der Waals surface area contributed by atoms with E-state index in [2.05, 4.69) is 5.32 Å². The van der Waals surface area contributed by atoms with Gasteiger partial charge in [0, 0.05) is 19.3 Å². The number of urea groups is 1. The van der Waals surface area contributed by atoms with E-state index in [1.807, 2.05) is 0 Å². The van der Waals surface area contributed by atoms with E-state index in [1.54, 1.807) is 27.0 Å². The molecule has 100 valence electrons. The second-order valence-electron chi connectivity index (χ2n) is 4.45. The number of carbonyl (C=O) groups excluding carboxylic acids is 1. The lowest BCUT2D eigenvalue weighted by Gasteiger charge is -2.19. The first kappa shape index (κ1) is 14.4. The van der Waals surface area contributed by atoms with Crippen LogP contribution in [0.25, 0.3) is 0 Å². The first-order valence-electron chi connectivity index (χ1n) is 5.86. The molecule has 4 nitrogen and oxygen atoms in total. The fourth-order valence-electron chi connectivity index (χ4n) is 1.42. The van der Waals surface area contributed by atoms with Crippen molar-refractivity contribution in [1.82, 2.24) is 4.90 Å². The quantitative estimate of drug-likeness (QED) is 0.866. The Morgan fingerprint density at radius 2 is 2.22 bits per heavy atom. The minimum absolute atomic E-state index is 0.315. The molecule has 2 amide bonds. The van der Waals surface area contributed by atoms with E-state index in [0.717, 1.165) is 5.56 Å². The summed E-state index contributed by atoms with van der Waals surface area (Å²) in [6.45, 7) is 3.91. The number of benzene rings is 1. The highest BCUT2D eigenvalue weighted by Crippen LogP contribution is 2.16. The number of rotatable bonds is 4. The average molecular weight is 254 g/mol. The molecule has 1 aromatic rings. The molecule has 1 atom stereocenters. The van der Waals surface area contributed by atoms with Crippen LogP contribution in [0.4, 0.5) is 14.9 Å². The van der Waals surface area contributed by atoms with Crippen LogP contribution in [0.1, 0.15) is 18.9 Å². The molecule has 0 saturated carbocycles. The van der Waals surface area contributed by atoms with Crippen LogP contribution >= 0.6 is 0 Å². The highest BCUT2D eigenvalue weighted by Gasteiger charge is 2.11. The summed E-state index contributed by atoms with van der Waals surface area (Å²) in [5, 5.41) is 11.8. The lowest BCUT2D eigenvalue weighted by Crippen LogP contribution is -2.33. The number of aliphatic hydroxyl groups is 1. The van der Waals surface area contributed by atoms with Gasteiger partial charge in [-0.3, -0.25) is 0 Å². The van der Waals surface area contributed by atoms with Crippen molar-refractivity contribution in [2.45, 2.75) is 26.4 Å². The van der Waals surface area contributed by atoms with Crippen LogP contribution in [0, 0.1) is 12.7 Å². The maximum atomic E-state index is 13.1. The molecule has 0 spiro atoms. The maximum Gasteiger partial charge on any atom is 0.321 e. The summed E-state index contributed by atoms with van der Waals surface area (Å²) >= 11 is 0. The Morgan fingerprint density at radius 3 is 2.83 bits per heavy atom. The molecular formula is C13H19FN2O2. The number of halogens is 1. The molecule has 0 aromatic heterocycles. The van der Waals surface area contributed by atoms with Gasteiger partial charge in [-0.1, -0.05) is 6.07 Å². The zero-order valence-corrected chi connectivity index (χ0v) is 10.9. The number of nitrogens with one attached hydrogen (secondary N) is 1. The standard InChI is InChI=1S/C13H19FN2O2/c1-9-4-5-11(14)8-12(9)15-13(18)16(3)7-6-10(2)17/h4-5,8,10,17H,6-7H2,1-3H3,(H,15,18)/t10-/m0/s1. The van der Waals surface area contributed by atoms with E-state index < -0.39 is 6.10 Å². The van der Waals surface area contributed by atoms with Crippen LogP contribution in [0.5, 0.6) is 0 Å².